The summed E-state index contributed by atoms with van der Waals surface area (Å²) < 4.78 is 5.69. The number of amides is 2. The van der Waals surface area contributed by atoms with Gasteiger partial charge < -0.3 is 4.74 Å². The highest BCUT2D eigenvalue weighted by atomic mass is 35.5. The van der Waals surface area contributed by atoms with Crippen LogP contribution in [-0.2, 0) is 16.2 Å². The van der Waals surface area contributed by atoms with Crippen LogP contribution in [0.15, 0.2) is 72.3 Å². The quantitative estimate of drug-likeness (QED) is 0.224. The van der Waals surface area contributed by atoms with Gasteiger partial charge in [-0.05, 0) is 42.0 Å². The second-order valence-corrected chi connectivity index (χ2v) is 7.72. The van der Waals surface area contributed by atoms with E-state index in [-0.39, 0.29) is 34.2 Å². The number of hydrazine groups is 1. The van der Waals surface area contributed by atoms with Crippen molar-refractivity contribution in [2.24, 2.45) is 0 Å². The minimum Gasteiger partial charge on any atom is -0.482 e. The number of hydrogen-bond acceptors (Lipinski definition) is 7. The molecule has 0 atom stereocenters. The molecule has 1 aliphatic heterocycles. The number of nitrogens with one attached hydrogen (secondary N) is 1. The average molecular weight is 495 g/mol. The van der Waals surface area contributed by atoms with Crippen molar-refractivity contribution >= 4 is 46.6 Å². The van der Waals surface area contributed by atoms with Crippen molar-refractivity contribution in [2.45, 2.75) is 6.61 Å². The molecule has 2 amide bonds. The summed E-state index contributed by atoms with van der Waals surface area (Å²) in [5, 5.41) is 23.6. The van der Waals surface area contributed by atoms with E-state index in [0.29, 0.717) is 11.3 Å². The molecular weight excluding hydrogens is 480 g/mol. The van der Waals surface area contributed by atoms with E-state index in [0.717, 1.165) is 11.1 Å². The van der Waals surface area contributed by atoms with Gasteiger partial charge in [-0.1, -0.05) is 29.8 Å². The summed E-state index contributed by atoms with van der Waals surface area (Å²) in [6.07, 6.45) is 1.17. The van der Waals surface area contributed by atoms with Crippen LogP contribution in [0.5, 0.6) is 5.75 Å². The Labute approximate surface area is 202 Å². The van der Waals surface area contributed by atoms with Gasteiger partial charge in [0.1, 0.15) is 12.2 Å². The van der Waals surface area contributed by atoms with Crippen LogP contribution in [0.3, 0.4) is 0 Å². The van der Waals surface area contributed by atoms with Gasteiger partial charge in [0.15, 0.2) is 0 Å². The molecule has 3 aromatic rings. The number of para-hydroxylation sites is 1. The van der Waals surface area contributed by atoms with Gasteiger partial charge in [0.2, 0.25) is 5.75 Å². The lowest BCUT2D eigenvalue weighted by Crippen LogP contribution is -2.35. The predicted molar refractivity (Wildman–Crippen MR) is 126 cm³/mol. The second kappa shape index (κ2) is 9.61. The molecule has 176 valence electrons. The maximum absolute atomic E-state index is 12.9. The number of anilines is 1. The van der Waals surface area contributed by atoms with Crippen molar-refractivity contribution in [3.8, 4) is 5.75 Å². The molecule has 1 aliphatic rings. The summed E-state index contributed by atoms with van der Waals surface area (Å²) in [5.74, 6) is -1.59. The molecule has 0 aliphatic carbocycles. The van der Waals surface area contributed by atoms with Crippen LogP contribution in [0.4, 0.5) is 17.1 Å². The van der Waals surface area contributed by atoms with E-state index in [4.69, 9.17) is 16.3 Å². The summed E-state index contributed by atoms with van der Waals surface area (Å²) >= 11 is 6.06. The Kier molecular flexibility index (Phi) is 6.42. The zero-order valence-corrected chi connectivity index (χ0v) is 18.5. The van der Waals surface area contributed by atoms with Crippen molar-refractivity contribution < 1.29 is 24.2 Å². The third-order valence-electron chi connectivity index (χ3n) is 5.00. The van der Waals surface area contributed by atoms with Gasteiger partial charge in [-0.25, -0.2) is 5.01 Å². The zero-order valence-electron chi connectivity index (χ0n) is 17.7. The maximum atomic E-state index is 12.9. The van der Waals surface area contributed by atoms with Gasteiger partial charge in [0.05, 0.1) is 15.5 Å². The molecule has 0 unspecified atom stereocenters. The van der Waals surface area contributed by atoms with Crippen LogP contribution < -0.4 is 15.2 Å². The summed E-state index contributed by atoms with van der Waals surface area (Å²) in [6, 6.07) is 16.3. The Balaban J connectivity index is 1.70. The predicted octanol–water partition coefficient (Wildman–Crippen LogP) is 4.20. The smallest absolute Gasteiger partial charge is 0.313 e. The Bertz CT molecular complexity index is 1370. The molecule has 0 spiro atoms. The molecular formula is C23H15ClN4O7. The number of nitro groups is 2. The normalized spacial score (nSPS) is 14.2. The summed E-state index contributed by atoms with van der Waals surface area (Å²) in [5.41, 5.74) is 2.56. The standard InChI is InChI=1S/C23H15ClN4O7/c24-16-10-15(11-19-22(29)25-26(23(19)30)17-4-2-1-3-5-17)21(20(12-16)28(33)34)35-13-14-6-8-18(9-7-14)27(31)32/h1-12H,13H2,(H,25,29)/b19-11-. The first-order valence-corrected chi connectivity index (χ1v) is 10.4. The number of rotatable bonds is 7. The van der Waals surface area contributed by atoms with E-state index in [1.165, 1.54) is 36.4 Å². The van der Waals surface area contributed by atoms with Crippen LogP contribution >= 0.6 is 11.6 Å². The number of carbonyl (C=O) groups excluding carboxylic acids is 2. The molecule has 11 nitrogen and oxygen atoms in total. The monoisotopic (exact) mass is 494 g/mol. The first-order chi connectivity index (χ1) is 16.7. The fraction of sp³-hybridized carbons (Fsp3) is 0.0435. The van der Waals surface area contributed by atoms with Crippen LogP contribution in [0.1, 0.15) is 11.1 Å². The molecule has 0 radical (unpaired) electrons. The third kappa shape index (κ3) is 4.94. The van der Waals surface area contributed by atoms with Crippen molar-refractivity contribution in [1.82, 2.24) is 5.43 Å². The summed E-state index contributed by atoms with van der Waals surface area (Å²) in [4.78, 5) is 46.7. The van der Waals surface area contributed by atoms with Crippen LogP contribution in [-0.4, -0.2) is 21.7 Å². The van der Waals surface area contributed by atoms with Gasteiger partial charge >= 0.3 is 5.69 Å². The van der Waals surface area contributed by atoms with E-state index < -0.39 is 27.3 Å². The Morgan fingerprint density at radius 1 is 0.971 bits per heavy atom. The van der Waals surface area contributed by atoms with E-state index in [2.05, 4.69) is 5.43 Å². The van der Waals surface area contributed by atoms with Crippen molar-refractivity contribution in [3.05, 3.63) is 109 Å². The molecule has 35 heavy (non-hydrogen) atoms. The Morgan fingerprint density at radius 3 is 2.29 bits per heavy atom. The molecule has 4 rings (SSSR count). The summed E-state index contributed by atoms with van der Waals surface area (Å²) in [7, 11) is 0. The highest BCUT2D eigenvalue weighted by Crippen LogP contribution is 2.37. The fourth-order valence-electron chi connectivity index (χ4n) is 3.34. The van der Waals surface area contributed by atoms with Gasteiger partial charge in [0, 0.05) is 28.8 Å². The number of ether oxygens (including phenoxy) is 1. The van der Waals surface area contributed by atoms with Crippen LogP contribution in [0.25, 0.3) is 6.08 Å². The molecule has 1 heterocycles. The maximum Gasteiger partial charge on any atom is 0.313 e. The molecule has 0 saturated carbocycles. The minimum absolute atomic E-state index is 0.00277. The molecule has 3 aromatic carbocycles. The zero-order chi connectivity index (χ0) is 25.1. The van der Waals surface area contributed by atoms with Gasteiger partial charge in [0.25, 0.3) is 17.5 Å². The Morgan fingerprint density at radius 2 is 1.66 bits per heavy atom. The minimum atomic E-state index is -0.706. The first-order valence-electron chi connectivity index (χ1n) is 10.0. The lowest BCUT2D eigenvalue weighted by Gasteiger charge is -2.14. The van der Waals surface area contributed by atoms with Gasteiger partial charge in [-0.15, -0.1) is 0 Å². The number of benzene rings is 3. The molecule has 12 heteroatoms. The fourth-order valence-corrected chi connectivity index (χ4v) is 3.56. The number of halogens is 1. The van der Waals surface area contributed by atoms with E-state index in [9.17, 15) is 29.8 Å². The summed E-state index contributed by atoms with van der Waals surface area (Å²) in [6.45, 7) is -0.174. The second-order valence-electron chi connectivity index (χ2n) is 7.29. The van der Waals surface area contributed by atoms with Gasteiger partial charge in [-0.3, -0.25) is 35.2 Å². The van der Waals surface area contributed by atoms with Gasteiger partial charge in [-0.2, -0.15) is 0 Å². The topological polar surface area (TPSA) is 145 Å². The van der Waals surface area contributed by atoms with E-state index in [1.54, 1.807) is 30.3 Å². The van der Waals surface area contributed by atoms with Crippen LogP contribution in [0.2, 0.25) is 5.02 Å². The lowest BCUT2D eigenvalue weighted by molar-refractivity contribution is -0.386. The number of hydrogen-bond donors (Lipinski definition) is 1. The van der Waals surface area contributed by atoms with Crippen LogP contribution in [0, 0.1) is 20.2 Å². The average Bonchev–Trinajstić information content (AvgIpc) is 3.12. The molecule has 1 N–H and O–H groups in total. The molecule has 0 aromatic heterocycles. The van der Waals surface area contributed by atoms with Crippen molar-refractivity contribution in [1.29, 1.82) is 0 Å². The third-order valence-corrected chi connectivity index (χ3v) is 5.21. The van der Waals surface area contributed by atoms with E-state index in [1.807, 2.05) is 0 Å². The first kappa shape index (κ1) is 23.4. The molecule has 0 bridgehead atoms. The number of nitrogens with zero attached hydrogens (tertiary/aromatic N) is 3. The van der Waals surface area contributed by atoms with E-state index >= 15 is 0 Å². The lowest BCUT2D eigenvalue weighted by atomic mass is 10.1. The molecule has 1 saturated heterocycles. The van der Waals surface area contributed by atoms with Crippen molar-refractivity contribution in [2.75, 3.05) is 5.01 Å². The number of carbonyl (C=O) groups is 2. The number of non-ortho nitro benzene ring substituents is 1. The highest BCUT2D eigenvalue weighted by Gasteiger charge is 2.35. The number of nitro benzene ring substituents is 2. The SMILES string of the molecule is O=C1NN(c2ccccc2)C(=O)/C1=C\c1cc(Cl)cc([N+](=O)[O-])c1OCc1ccc([N+](=O)[O-])cc1. The Hall–Kier alpha value is -4.77. The van der Waals surface area contributed by atoms with Crippen molar-refractivity contribution in [3.63, 3.8) is 0 Å². The largest absolute Gasteiger partial charge is 0.482 e. The molecule has 1 fully saturated rings. The highest BCUT2D eigenvalue weighted by molar-refractivity contribution is 6.32.